The van der Waals surface area contributed by atoms with E-state index in [2.05, 4.69) is 47.2 Å². The number of nitrogens with zero attached hydrogens (tertiary/aromatic N) is 2. The maximum atomic E-state index is 12.3. The van der Waals surface area contributed by atoms with Crippen LogP contribution in [0.1, 0.15) is 36.6 Å². The van der Waals surface area contributed by atoms with Crippen LogP contribution < -0.4 is 5.32 Å². The molecule has 2 rings (SSSR count). The van der Waals surface area contributed by atoms with Gasteiger partial charge in [0, 0.05) is 32.7 Å². The van der Waals surface area contributed by atoms with Gasteiger partial charge >= 0.3 is 0 Å². The molecule has 0 aliphatic carbocycles. The highest BCUT2D eigenvalue weighted by atomic mass is 16.3. The first kappa shape index (κ1) is 18.9. The SMILES string of the molecule is Cc1ccc([C@H](C)NC(=O)CN2CCN(C[C@H](C)O)CC2)cc1C. The van der Waals surface area contributed by atoms with Crippen LogP contribution in [0, 0.1) is 13.8 Å². The number of carbonyl (C=O) groups is 1. The summed E-state index contributed by atoms with van der Waals surface area (Å²) in [6.07, 6.45) is -0.293. The minimum absolute atomic E-state index is 0.0216. The highest BCUT2D eigenvalue weighted by molar-refractivity contribution is 5.78. The van der Waals surface area contributed by atoms with Gasteiger partial charge in [0.2, 0.25) is 5.91 Å². The predicted octanol–water partition coefficient (Wildman–Crippen LogP) is 1.48. The average molecular weight is 333 g/mol. The van der Waals surface area contributed by atoms with Gasteiger partial charge in [-0.05, 0) is 44.4 Å². The molecule has 1 aromatic carbocycles. The molecule has 1 aliphatic heterocycles. The Morgan fingerprint density at radius 3 is 2.33 bits per heavy atom. The van der Waals surface area contributed by atoms with Crippen LogP contribution >= 0.6 is 0 Å². The fourth-order valence-corrected chi connectivity index (χ4v) is 3.11. The summed E-state index contributed by atoms with van der Waals surface area (Å²) >= 11 is 0. The van der Waals surface area contributed by atoms with Gasteiger partial charge in [0.15, 0.2) is 0 Å². The van der Waals surface area contributed by atoms with E-state index in [0.29, 0.717) is 13.1 Å². The van der Waals surface area contributed by atoms with Crippen molar-refractivity contribution in [1.29, 1.82) is 0 Å². The van der Waals surface area contributed by atoms with Crippen LogP contribution in [0.15, 0.2) is 18.2 Å². The number of carbonyl (C=O) groups excluding carboxylic acids is 1. The van der Waals surface area contributed by atoms with Gasteiger partial charge in [-0.3, -0.25) is 14.6 Å². The normalized spacial score (nSPS) is 19.0. The first-order chi connectivity index (χ1) is 11.3. The minimum atomic E-state index is -0.293. The summed E-state index contributed by atoms with van der Waals surface area (Å²) in [6.45, 7) is 12.8. The van der Waals surface area contributed by atoms with Crippen LogP contribution in [0.5, 0.6) is 0 Å². The third-order valence-corrected chi connectivity index (χ3v) is 4.76. The number of aliphatic hydroxyl groups is 1. The number of benzene rings is 1. The molecule has 2 N–H and O–H groups in total. The van der Waals surface area contributed by atoms with E-state index < -0.39 is 0 Å². The average Bonchev–Trinajstić information content (AvgIpc) is 2.51. The molecule has 0 radical (unpaired) electrons. The number of amides is 1. The van der Waals surface area contributed by atoms with Gasteiger partial charge < -0.3 is 10.4 Å². The number of aliphatic hydroxyl groups excluding tert-OH is 1. The summed E-state index contributed by atoms with van der Waals surface area (Å²) in [5.41, 5.74) is 3.67. The van der Waals surface area contributed by atoms with E-state index in [0.717, 1.165) is 31.7 Å². The van der Waals surface area contributed by atoms with Crippen molar-refractivity contribution in [2.45, 2.75) is 39.8 Å². The molecule has 24 heavy (non-hydrogen) atoms. The summed E-state index contributed by atoms with van der Waals surface area (Å²) in [5, 5.41) is 12.5. The lowest BCUT2D eigenvalue weighted by molar-refractivity contribution is -0.123. The molecule has 1 aliphatic rings. The standard InChI is InChI=1S/C19H31N3O2/c1-14-5-6-18(11-15(14)2)17(4)20-19(24)13-22-9-7-21(8-10-22)12-16(3)23/h5-6,11,16-17,23H,7-10,12-13H2,1-4H3,(H,20,24)/t16-,17-/m0/s1. The van der Waals surface area contributed by atoms with Crippen molar-refractivity contribution in [2.24, 2.45) is 0 Å². The van der Waals surface area contributed by atoms with E-state index in [1.807, 2.05) is 13.8 Å². The number of hydrogen-bond acceptors (Lipinski definition) is 4. The molecule has 0 spiro atoms. The Bertz CT molecular complexity index is 552. The zero-order valence-electron chi connectivity index (χ0n) is 15.4. The number of nitrogens with one attached hydrogen (secondary N) is 1. The van der Waals surface area contributed by atoms with Crippen LogP contribution in [0.4, 0.5) is 0 Å². The number of piperazine rings is 1. The van der Waals surface area contributed by atoms with E-state index in [1.165, 1.54) is 11.1 Å². The van der Waals surface area contributed by atoms with Crippen LogP contribution in [0.25, 0.3) is 0 Å². The molecule has 1 fully saturated rings. The fraction of sp³-hybridized carbons (Fsp3) is 0.632. The predicted molar refractivity (Wildman–Crippen MR) is 97.0 cm³/mol. The Morgan fingerprint density at radius 2 is 1.75 bits per heavy atom. The molecule has 5 nitrogen and oxygen atoms in total. The Hall–Kier alpha value is -1.43. The summed E-state index contributed by atoms with van der Waals surface area (Å²) in [7, 11) is 0. The van der Waals surface area contributed by atoms with Gasteiger partial charge in [0.1, 0.15) is 0 Å². The second kappa shape index (κ2) is 8.60. The van der Waals surface area contributed by atoms with Gasteiger partial charge in [0.05, 0.1) is 18.7 Å². The van der Waals surface area contributed by atoms with Gasteiger partial charge in [-0.1, -0.05) is 18.2 Å². The van der Waals surface area contributed by atoms with Crippen molar-refractivity contribution in [3.8, 4) is 0 Å². The maximum Gasteiger partial charge on any atom is 0.234 e. The molecule has 1 aromatic rings. The van der Waals surface area contributed by atoms with Crippen molar-refractivity contribution < 1.29 is 9.90 Å². The van der Waals surface area contributed by atoms with Crippen LogP contribution in [0.3, 0.4) is 0 Å². The zero-order chi connectivity index (χ0) is 17.7. The molecule has 2 atom stereocenters. The van der Waals surface area contributed by atoms with Gasteiger partial charge in [-0.2, -0.15) is 0 Å². The van der Waals surface area contributed by atoms with Crippen molar-refractivity contribution in [2.75, 3.05) is 39.3 Å². The largest absolute Gasteiger partial charge is 0.392 e. The highest BCUT2D eigenvalue weighted by Crippen LogP contribution is 2.16. The number of rotatable bonds is 6. The van der Waals surface area contributed by atoms with E-state index in [-0.39, 0.29) is 18.1 Å². The molecule has 1 saturated heterocycles. The van der Waals surface area contributed by atoms with Gasteiger partial charge in [0.25, 0.3) is 0 Å². The maximum absolute atomic E-state index is 12.3. The monoisotopic (exact) mass is 333 g/mol. The van der Waals surface area contributed by atoms with E-state index in [1.54, 1.807) is 0 Å². The summed E-state index contributed by atoms with van der Waals surface area (Å²) < 4.78 is 0. The molecule has 134 valence electrons. The van der Waals surface area contributed by atoms with Gasteiger partial charge in [-0.25, -0.2) is 0 Å². The number of hydrogen-bond donors (Lipinski definition) is 2. The van der Waals surface area contributed by atoms with E-state index in [9.17, 15) is 9.90 Å². The minimum Gasteiger partial charge on any atom is -0.392 e. The lowest BCUT2D eigenvalue weighted by Gasteiger charge is -2.35. The van der Waals surface area contributed by atoms with E-state index in [4.69, 9.17) is 0 Å². The Kier molecular flexibility index (Phi) is 6.78. The second-order valence-corrected chi connectivity index (χ2v) is 7.06. The smallest absolute Gasteiger partial charge is 0.234 e. The topological polar surface area (TPSA) is 55.8 Å². The summed E-state index contributed by atoms with van der Waals surface area (Å²) in [6, 6.07) is 6.36. The zero-order valence-corrected chi connectivity index (χ0v) is 15.4. The molecule has 1 amide bonds. The quantitative estimate of drug-likeness (QED) is 0.828. The van der Waals surface area contributed by atoms with Crippen molar-refractivity contribution in [1.82, 2.24) is 15.1 Å². The van der Waals surface area contributed by atoms with Crippen LogP contribution in [-0.2, 0) is 4.79 Å². The second-order valence-electron chi connectivity index (χ2n) is 7.06. The molecular weight excluding hydrogens is 302 g/mol. The lowest BCUT2D eigenvalue weighted by Crippen LogP contribution is -2.50. The molecule has 1 heterocycles. The molecule has 0 saturated carbocycles. The number of β-amino-alcohol motifs (C(OH)–C–C–N with tert-alkyl or cyclic N) is 1. The molecule has 0 aromatic heterocycles. The first-order valence-corrected chi connectivity index (χ1v) is 8.84. The Balaban J connectivity index is 1.78. The Labute approximate surface area is 145 Å². The molecule has 0 unspecified atom stereocenters. The third-order valence-electron chi connectivity index (χ3n) is 4.76. The summed E-state index contributed by atoms with van der Waals surface area (Å²) in [5.74, 6) is 0.0738. The van der Waals surface area contributed by atoms with Crippen LogP contribution in [-0.4, -0.2) is 66.2 Å². The first-order valence-electron chi connectivity index (χ1n) is 8.84. The molecule has 0 bridgehead atoms. The highest BCUT2D eigenvalue weighted by Gasteiger charge is 2.20. The molecular formula is C19H31N3O2. The summed E-state index contributed by atoms with van der Waals surface area (Å²) in [4.78, 5) is 16.7. The fourth-order valence-electron chi connectivity index (χ4n) is 3.11. The van der Waals surface area contributed by atoms with E-state index >= 15 is 0 Å². The van der Waals surface area contributed by atoms with Crippen molar-refractivity contribution in [3.63, 3.8) is 0 Å². The van der Waals surface area contributed by atoms with Crippen molar-refractivity contribution >= 4 is 5.91 Å². The molecule has 5 heteroatoms. The lowest BCUT2D eigenvalue weighted by atomic mass is 10.0. The Morgan fingerprint density at radius 1 is 1.12 bits per heavy atom. The van der Waals surface area contributed by atoms with Crippen molar-refractivity contribution in [3.05, 3.63) is 34.9 Å². The third kappa shape index (κ3) is 5.58. The van der Waals surface area contributed by atoms with Crippen LogP contribution in [0.2, 0.25) is 0 Å². The number of aryl methyl sites for hydroxylation is 2. The van der Waals surface area contributed by atoms with Gasteiger partial charge in [-0.15, -0.1) is 0 Å².